The number of carbonyl (C=O) groups is 1. The lowest BCUT2D eigenvalue weighted by Crippen LogP contribution is -2.10. The van der Waals surface area contributed by atoms with Crippen molar-refractivity contribution < 1.29 is 9.90 Å². The molecule has 0 saturated heterocycles. The first-order valence-electron chi connectivity index (χ1n) is 4.24. The molecular weight excluding hydrogens is 267 g/mol. The van der Waals surface area contributed by atoms with E-state index >= 15 is 0 Å². The number of carboxylic acids is 1. The zero-order chi connectivity index (χ0) is 10.7. The van der Waals surface area contributed by atoms with Crippen LogP contribution >= 0.6 is 27.5 Å². The topological polar surface area (TPSA) is 37.3 Å². The minimum absolute atomic E-state index is 0.497. The average Bonchev–Trinajstić information content (AvgIpc) is 2.11. The maximum absolute atomic E-state index is 10.9. The molecule has 1 aromatic rings. The van der Waals surface area contributed by atoms with Gasteiger partial charge in [-0.1, -0.05) is 34.5 Å². The van der Waals surface area contributed by atoms with Crippen molar-refractivity contribution in [2.45, 2.75) is 19.3 Å². The van der Waals surface area contributed by atoms with Gasteiger partial charge in [-0.05, 0) is 30.2 Å². The van der Waals surface area contributed by atoms with E-state index in [1.54, 1.807) is 18.2 Å². The standard InChI is InChI=1S/C10H10BrClO2/c1-2-7(10(13)14)8-5-6(12)3-4-9(8)11/h3-5,7H,2H2,1H3,(H,13,14). The molecule has 14 heavy (non-hydrogen) atoms. The van der Waals surface area contributed by atoms with Gasteiger partial charge in [-0.2, -0.15) is 0 Å². The Balaban J connectivity index is 3.15. The molecule has 1 rings (SSSR count). The van der Waals surface area contributed by atoms with Crippen molar-refractivity contribution in [2.24, 2.45) is 0 Å². The Morgan fingerprint density at radius 1 is 1.64 bits per heavy atom. The molecule has 0 spiro atoms. The number of hydrogen-bond donors (Lipinski definition) is 1. The van der Waals surface area contributed by atoms with E-state index < -0.39 is 11.9 Å². The van der Waals surface area contributed by atoms with Crippen molar-refractivity contribution in [3.05, 3.63) is 33.3 Å². The molecule has 0 heterocycles. The zero-order valence-corrected chi connectivity index (χ0v) is 9.97. The van der Waals surface area contributed by atoms with E-state index in [4.69, 9.17) is 16.7 Å². The largest absolute Gasteiger partial charge is 0.481 e. The highest BCUT2D eigenvalue weighted by atomic mass is 79.9. The number of aliphatic carboxylic acids is 1. The van der Waals surface area contributed by atoms with Crippen molar-refractivity contribution in [3.8, 4) is 0 Å². The van der Waals surface area contributed by atoms with Gasteiger partial charge in [-0.3, -0.25) is 4.79 Å². The van der Waals surface area contributed by atoms with Crippen LogP contribution in [-0.4, -0.2) is 11.1 Å². The summed E-state index contributed by atoms with van der Waals surface area (Å²) in [5, 5.41) is 9.54. The number of carboxylic acid groups (broad SMARTS) is 1. The number of benzene rings is 1. The SMILES string of the molecule is CCC(C(=O)O)c1cc(Cl)ccc1Br. The summed E-state index contributed by atoms with van der Waals surface area (Å²) in [6.07, 6.45) is 0.550. The van der Waals surface area contributed by atoms with E-state index in [-0.39, 0.29) is 0 Å². The van der Waals surface area contributed by atoms with Gasteiger partial charge in [0.2, 0.25) is 0 Å². The first-order chi connectivity index (χ1) is 6.56. The molecule has 2 nitrogen and oxygen atoms in total. The lowest BCUT2D eigenvalue weighted by Gasteiger charge is -2.12. The van der Waals surface area contributed by atoms with E-state index in [9.17, 15) is 4.79 Å². The molecule has 0 aliphatic heterocycles. The molecular formula is C10H10BrClO2. The monoisotopic (exact) mass is 276 g/mol. The minimum atomic E-state index is -0.824. The third-order valence-electron chi connectivity index (χ3n) is 2.04. The fourth-order valence-corrected chi connectivity index (χ4v) is 2.01. The maximum Gasteiger partial charge on any atom is 0.311 e. The first kappa shape index (κ1) is 11.5. The summed E-state index contributed by atoms with van der Waals surface area (Å²) in [5.74, 6) is -1.32. The van der Waals surface area contributed by atoms with Gasteiger partial charge < -0.3 is 5.11 Å². The Morgan fingerprint density at radius 3 is 2.79 bits per heavy atom. The van der Waals surface area contributed by atoms with Gasteiger partial charge in [-0.15, -0.1) is 0 Å². The molecule has 1 atom stereocenters. The molecule has 0 amide bonds. The van der Waals surface area contributed by atoms with E-state index in [0.29, 0.717) is 11.4 Å². The highest BCUT2D eigenvalue weighted by molar-refractivity contribution is 9.10. The van der Waals surface area contributed by atoms with Crippen molar-refractivity contribution >= 4 is 33.5 Å². The number of rotatable bonds is 3. The van der Waals surface area contributed by atoms with Crippen LogP contribution in [-0.2, 0) is 4.79 Å². The van der Waals surface area contributed by atoms with Crippen molar-refractivity contribution in [1.82, 2.24) is 0 Å². The van der Waals surface area contributed by atoms with E-state index in [1.165, 1.54) is 0 Å². The lowest BCUT2D eigenvalue weighted by molar-refractivity contribution is -0.138. The lowest BCUT2D eigenvalue weighted by atomic mass is 9.97. The second-order valence-corrected chi connectivity index (χ2v) is 4.26. The third-order valence-corrected chi connectivity index (χ3v) is 3.00. The molecule has 0 aromatic heterocycles. The van der Waals surface area contributed by atoms with Crippen LogP contribution < -0.4 is 0 Å². The highest BCUT2D eigenvalue weighted by Gasteiger charge is 2.20. The van der Waals surface area contributed by atoms with Gasteiger partial charge in [0.25, 0.3) is 0 Å². The predicted octanol–water partition coefficient (Wildman–Crippen LogP) is 3.68. The molecule has 0 bridgehead atoms. The molecule has 1 N–H and O–H groups in total. The molecule has 1 unspecified atom stereocenters. The molecule has 1 aromatic carbocycles. The first-order valence-corrected chi connectivity index (χ1v) is 5.41. The van der Waals surface area contributed by atoms with Gasteiger partial charge in [0, 0.05) is 9.50 Å². The van der Waals surface area contributed by atoms with Gasteiger partial charge in [0.05, 0.1) is 5.92 Å². The van der Waals surface area contributed by atoms with Crippen molar-refractivity contribution in [2.75, 3.05) is 0 Å². The third kappa shape index (κ3) is 2.49. The van der Waals surface area contributed by atoms with Gasteiger partial charge in [-0.25, -0.2) is 0 Å². The Kier molecular flexibility index (Phi) is 3.96. The highest BCUT2D eigenvalue weighted by Crippen LogP contribution is 2.30. The van der Waals surface area contributed by atoms with Crippen molar-refractivity contribution in [1.29, 1.82) is 0 Å². The van der Waals surface area contributed by atoms with Crippen LogP contribution in [0.2, 0.25) is 5.02 Å². The van der Waals surface area contributed by atoms with E-state index in [2.05, 4.69) is 15.9 Å². The average molecular weight is 278 g/mol. The van der Waals surface area contributed by atoms with Crippen molar-refractivity contribution in [3.63, 3.8) is 0 Å². The van der Waals surface area contributed by atoms with Crippen LogP contribution in [0.3, 0.4) is 0 Å². The summed E-state index contributed by atoms with van der Waals surface area (Å²) in [5.41, 5.74) is 0.729. The number of hydrogen-bond acceptors (Lipinski definition) is 1. The minimum Gasteiger partial charge on any atom is -0.481 e. The molecule has 0 radical (unpaired) electrons. The van der Waals surface area contributed by atoms with Crippen LogP contribution in [0.15, 0.2) is 22.7 Å². The molecule has 0 aliphatic rings. The summed E-state index contributed by atoms with van der Waals surface area (Å²) in [4.78, 5) is 10.9. The smallest absolute Gasteiger partial charge is 0.311 e. The summed E-state index contributed by atoms with van der Waals surface area (Å²) >= 11 is 9.13. The fraction of sp³-hybridized carbons (Fsp3) is 0.300. The Morgan fingerprint density at radius 2 is 2.29 bits per heavy atom. The summed E-state index contributed by atoms with van der Waals surface area (Å²) in [6.45, 7) is 1.84. The van der Waals surface area contributed by atoms with Crippen LogP contribution in [0.1, 0.15) is 24.8 Å². The number of halogens is 2. The molecule has 0 fully saturated rings. The summed E-state index contributed by atoms with van der Waals surface area (Å²) in [6, 6.07) is 5.18. The molecule has 4 heteroatoms. The molecule has 76 valence electrons. The zero-order valence-electron chi connectivity index (χ0n) is 7.63. The molecule has 0 saturated carbocycles. The van der Waals surface area contributed by atoms with E-state index in [0.717, 1.165) is 10.0 Å². The van der Waals surface area contributed by atoms with Gasteiger partial charge >= 0.3 is 5.97 Å². The molecule has 0 aliphatic carbocycles. The van der Waals surface area contributed by atoms with Gasteiger partial charge in [0.1, 0.15) is 0 Å². The van der Waals surface area contributed by atoms with E-state index in [1.807, 2.05) is 6.92 Å². The van der Waals surface area contributed by atoms with Crippen LogP contribution in [0, 0.1) is 0 Å². The summed E-state index contributed by atoms with van der Waals surface area (Å²) < 4.78 is 0.788. The quantitative estimate of drug-likeness (QED) is 0.915. The van der Waals surface area contributed by atoms with Crippen LogP contribution in [0.5, 0.6) is 0 Å². The van der Waals surface area contributed by atoms with Gasteiger partial charge in [0.15, 0.2) is 0 Å². The second-order valence-electron chi connectivity index (χ2n) is 2.96. The predicted molar refractivity (Wildman–Crippen MR) is 59.8 cm³/mol. The Hall–Kier alpha value is -0.540. The Labute approximate surface area is 96.0 Å². The Bertz CT molecular complexity index is 352. The second kappa shape index (κ2) is 4.80. The van der Waals surface area contributed by atoms with Crippen LogP contribution in [0.25, 0.3) is 0 Å². The maximum atomic E-state index is 10.9. The normalized spacial score (nSPS) is 12.5. The fourth-order valence-electron chi connectivity index (χ4n) is 1.31. The van der Waals surface area contributed by atoms with Crippen LogP contribution in [0.4, 0.5) is 0 Å². The summed E-state index contributed by atoms with van der Waals surface area (Å²) in [7, 11) is 0.